The Hall–Kier alpha value is -1.44. The quantitative estimate of drug-likeness (QED) is 0.699. The van der Waals surface area contributed by atoms with Crippen molar-refractivity contribution in [3.63, 3.8) is 0 Å². The van der Waals surface area contributed by atoms with Crippen LogP contribution in [0.25, 0.3) is 5.70 Å². The van der Waals surface area contributed by atoms with Gasteiger partial charge in [-0.05, 0) is 18.6 Å². The lowest BCUT2D eigenvalue weighted by Gasteiger charge is -2.18. The van der Waals surface area contributed by atoms with Gasteiger partial charge in [0, 0.05) is 31.0 Å². The van der Waals surface area contributed by atoms with Crippen molar-refractivity contribution in [2.45, 2.75) is 6.92 Å². The highest BCUT2D eigenvalue weighted by Crippen LogP contribution is 2.22. The van der Waals surface area contributed by atoms with Crippen molar-refractivity contribution in [1.29, 1.82) is 0 Å². The van der Waals surface area contributed by atoms with E-state index in [1.165, 1.54) is 0 Å². The summed E-state index contributed by atoms with van der Waals surface area (Å²) >= 11 is 0. The van der Waals surface area contributed by atoms with Crippen LogP contribution in [0.3, 0.4) is 0 Å². The van der Waals surface area contributed by atoms with E-state index in [9.17, 15) is 0 Å². The van der Waals surface area contributed by atoms with Crippen molar-refractivity contribution in [3.05, 3.63) is 35.9 Å². The summed E-state index contributed by atoms with van der Waals surface area (Å²) in [7, 11) is 3.95. The molecular weight excluding hydrogens is 160 g/mol. The fraction of sp³-hybridized carbons (Fsp3) is 0.273. The maximum atomic E-state index is 5.80. The summed E-state index contributed by atoms with van der Waals surface area (Å²) in [5.74, 6) is 0. The zero-order valence-corrected chi connectivity index (χ0v) is 8.46. The van der Waals surface area contributed by atoms with Gasteiger partial charge in [0.1, 0.15) is 0 Å². The molecule has 13 heavy (non-hydrogen) atoms. The molecule has 0 amide bonds. The normalized spacial score (nSPS) is 9.77. The molecule has 2 nitrogen and oxygen atoms in total. The van der Waals surface area contributed by atoms with Gasteiger partial charge in [0.25, 0.3) is 0 Å². The Labute approximate surface area is 79.7 Å². The van der Waals surface area contributed by atoms with Crippen molar-refractivity contribution >= 4 is 11.4 Å². The van der Waals surface area contributed by atoms with Crippen molar-refractivity contribution in [1.82, 2.24) is 4.90 Å². The first kappa shape index (κ1) is 9.65. The minimum Gasteiger partial charge on any atom is -0.398 e. The predicted octanol–water partition coefficient (Wildman–Crippen LogP) is 2.11. The van der Waals surface area contributed by atoms with E-state index in [0.717, 1.165) is 22.5 Å². The Morgan fingerprint density at radius 2 is 2.00 bits per heavy atom. The molecule has 0 aromatic heterocycles. The van der Waals surface area contributed by atoms with Gasteiger partial charge in [-0.15, -0.1) is 0 Å². The number of hydrogen-bond acceptors (Lipinski definition) is 2. The molecule has 70 valence electrons. The molecule has 0 fully saturated rings. The molecule has 1 rings (SSSR count). The SMILES string of the molecule is C=C(c1cccc(N)c1C)N(C)C. The average molecular weight is 176 g/mol. The van der Waals surface area contributed by atoms with Crippen LogP contribution in [-0.2, 0) is 0 Å². The Balaban J connectivity index is 3.15. The van der Waals surface area contributed by atoms with Crippen molar-refractivity contribution in [2.24, 2.45) is 0 Å². The van der Waals surface area contributed by atoms with E-state index < -0.39 is 0 Å². The largest absolute Gasteiger partial charge is 0.398 e. The Bertz CT molecular complexity index is 327. The maximum absolute atomic E-state index is 5.80. The molecule has 0 saturated carbocycles. The first-order valence-corrected chi connectivity index (χ1v) is 4.25. The monoisotopic (exact) mass is 176 g/mol. The smallest absolute Gasteiger partial charge is 0.0365 e. The van der Waals surface area contributed by atoms with Gasteiger partial charge in [-0.25, -0.2) is 0 Å². The molecule has 0 aliphatic rings. The first-order chi connectivity index (χ1) is 6.04. The van der Waals surface area contributed by atoms with Gasteiger partial charge in [0.05, 0.1) is 0 Å². The number of anilines is 1. The molecule has 0 unspecified atom stereocenters. The highest BCUT2D eigenvalue weighted by atomic mass is 15.1. The Morgan fingerprint density at radius 1 is 1.38 bits per heavy atom. The Morgan fingerprint density at radius 3 is 2.54 bits per heavy atom. The number of nitrogens with zero attached hydrogens (tertiary/aromatic N) is 1. The first-order valence-electron chi connectivity index (χ1n) is 4.25. The van der Waals surface area contributed by atoms with Crippen molar-refractivity contribution in [2.75, 3.05) is 19.8 Å². The minimum atomic E-state index is 0.820. The van der Waals surface area contributed by atoms with Crippen LogP contribution in [0.1, 0.15) is 11.1 Å². The van der Waals surface area contributed by atoms with E-state index in [2.05, 4.69) is 6.58 Å². The Kier molecular flexibility index (Phi) is 2.61. The number of hydrogen-bond donors (Lipinski definition) is 1. The molecule has 0 heterocycles. The lowest BCUT2D eigenvalue weighted by Crippen LogP contribution is -2.10. The number of benzene rings is 1. The van der Waals surface area contributed by atoms with Crippen LogP contribution in [0, 0.1) is 6.92 Å². The van der Waals surface area contributed by atoms with Gasteiger partial charge < -0.3 is 10.6 Å². The summed E-state index contributed by atoms with van der Waals surface area (Å²) in [6, 6.07) is 5.89. The van der Waals surface area contributed by atoms with Crippen LogP contribution >= 0.6 is 0 Å². The minimum absolute atomic E-state index is 0.820. The van der Waals surface area contributed by atoms with E-state index in [0.29, 0.717) is 0 Å². The van der Waals surface area contributed by atoms with Crippen LogP contribution in [0.15, 0.2) is 24.8 Å². The molecule has 0 radical (unpaired) electrons. The molecule has 0 saturated heterocycles. The molecule has 1 aromatic rings. The van der Waals surface area contributed by atoms with E-state index in [1.54, 1.807) is 0 Å². The zero-order valence-electron chi connectivity index (χ0n) is 8.46. The van der Waals surface area contributed by atoms with Gasteiger partial charge in [0.15, 0.2) is 0 Å². The second-order valence-electron chi connectivity index (χ2n) is 3.36. The van der Waals surface area contributed by atoms with Crippen LogP contribution in [0.2, 0.25) is 0 Å². The highest BCUT2D eigenvalue weighted by Gasteiger charge is 2.05. The lowest BCUT2D eigenvalue weighted by atomic mass is 10.0. The van der Waals surface area contributed by atoms with Crippen LogP contribution in [-0.4, -0.2) is 19.0 Å². The molecule has 2 heteroatoms. The molecule has 0 bridgehead atoms. The summed E-state index contributed by atoms with van der Waals surface area (Å²) in [5, 5.41) is 0. The van der Waals surface area contributed by atoms with Crippen LogP contribution < -0.4 is 5.73 Å². The van der Waals surface area contributed by atoms with Crippen molar-refractivity contribution in [3.8, 4) is 0 Å². The third kappa shape index (κ3) is 1.83. The van der Waals surface area contributed by atoms with E-state index in [1.807, 2.05) is 44.1 Å². The van der Waals surface area contributed by atoms with Gasteiger partial charge in [-0.3, -0.25) is 0 Å². The molecule has 0 aliphatic heterocycles. The second kappa shape index (κ2) is 3.52. The molecule has 0 aliphatic carbocycles. The van der Waals surface area contributed by atoms with Gasteiger partial charge in [-0.2, -0.15) is 0 Å². The molecular formula is C11H16N2. The molecule has 2 N–H and O–H groups in total. The van der Waals surface area contributed by atoms with Gasteiger partial charge in [0.2, 0.25) is 0 Å². The summed E-state index contributed by atoms with van der Waals surface area (Å²) in [5.41, 5.74) is 9.82. The standard InChI is InChI=1S/C11H16N2/c1-8-10(9(2)13(3)4)6-5-7-11(8)12/h5-7H,2,12H2,1,3-4H3. The van der Waals surface area contributed by atoms with Gasteiger partial charge >= 0.3 is 0 Å². The number of nitrogen functional groups attached to an aromatic ring is 1. The molecule has 0 atom stereocenters. The topological polar surface area (TPSA) is 29.3 Å². The van der Waals surface area contributed by atoms with E-state index >= 15 is 0 Å². The van der Waals surface area contributed by atoms with Crippen LogP contribution in [0.5, 0.6) is 0 Å². The third-order valence-corrected chi connectivity index (χ3v) is 2.23. The third-order valence-electron chi connectivity index (χ3n) is 2.23. The summed E-state index contributed by atoms with van der Waals surface area (Å²) < 4.78 is 0. The number of rotatable bonds is 2. The molecule has 0 spiro atoms. The van der Waals surface area contributed by atoms with E-state index in [-0.39, 0.29) is 0 Å². The summed E-state index contributed by atoms with van der Waals surface area (Å²) in [6.45, 7) is 6.01. The molecule has 1 aromatic carbocycles. The van der Waals surface area contributed by atoms with Crippen molar-refractivity contribution < 1.29 is 0 Å². The fourth-order valence-corrected chi connectivity index (χ4v) is 1.21. The zero-order chi connectivity index (χ0) is 10.0. The highest BCUT2D eigenvalue weighted by molar-refractivity contribution is 5.69. The number of nitrogens with two attached hydrogens (primary N) is 1. The maximum Gasteiger partial charge on any atom is 0.0365 e. The fourth-order valence-electron chi connectivity index (χ4n) is 1.21. The summed E-state index contributed by atoms with van der Waals surface area (Å²) in [6.07, 6.45) is 0. The average Bonchev–Trinajstić information content (AvgIpc) is 2.08. The lowest BCUT2D eigenvalue weighted by molar-refractivity contribution is 0.593. The van der Waals surface area contributed by atoms with Crippen LogP contribution in [0.4, 0.5) is 5.69 Å². The second-order valence-corrected chi connectivity index (χ2v) is 3.36. The van der Waals surface area contributed by atoms with E-state index in [4.69, 9.17) is 5.73 Å². The van der Waals surface area contributed by atoms with Gasteiger partial charge in [-0.1, -0.05) is 18.7 Å². The predicted molar refractivity (Wildman–Crippen MR) is 58.3 cm³/mol. The summed E-state index contributed by atoms with van der Waals surface area (Å²) in [4.78, 5) is 1.99.